The van der Waals surface area contributed by atoms with Gasteiger partial charge < -0.3 is 10.1 Å². The van der Waals surface area contributed by atoms with Gasteiger partial charge in [-0.15, -0.1) is 0 Å². The average Bonchev–Trinajstić information content (AvgIpc) is 3.10. The van der Waals surface area contributed by atoms with Crippen LogP contribution in [0.2, 0.25) is 0 Å². The van der Waals surface area contributed by atoms with Crippen molar-refractivity contribution in [2.75, 3.05) is 5.32 Å². The number of carbonyl (C=O) groups excluding carboxylic acids is 1. The standard InChI is InChI=1S/C20H13F3N4O2S/c1-11(28)25-19-27-17-14(7-4-8-15(17)30-19)29-16-9-10-24-18(26-16)12-5-2-3-6-13(12)20(21,22)23/h2-10H,1H3,(H,25,27,28). The van der Waals surface area contributed by atoms with Gasteiger partial charge in [0.1, 0.15) is 5.52 Å². The molecule has 4 rings (SSSR count). The second-order valence-corrected chi connectivity index (χ2v) is 7.20. The first-order valence-corrected chi connectivity index (χ1v) is 9.47. The molecule has 0 spiro atoms. The number of hydrogen-bond acceptors (Lipinski definition) is 6. The summed E-state index contributed by atoms with van der Waals surface area (Å²) in [5.41, 5.74) is -0.471. The first-order valence-electron chi connectivity index (χ1n) is 8.66. The van der Waals surface area contributed by atoms with Crippen LogP contribution >= 0.6 is 11.3 Å². The summed E-state index contributed by atoms with van der Waals surface area (Å²) < 4.78 is 46.5. The predicted molar refractivity (Wildman–Crippen MR) is 106 cm³/mol. The maximum Gasteiger partial charge on any atom is 0.417 e. The van der Waals surface area contributed by atoms with Crippen molar-refractivity contribution >= 4 is 32.6 Å². The molecule has 1 N–H and O–H groups in total. The molecular formula is C20H13F3N4O2S. The van der Waals surface area contributed by atoms with Crippen LogP contribution in [0.25, 0.3) is 21.6 Å². The average molecular weight is 430 g/mol. The Labute approximate surface area is 172 Å². The lowest BCUT2D eigenvalue weighted by Crippen LogP contribution is -2.08. The highest BCUT2D eigenvalue weighted by atomic mass is 32.1. The maximum atomic E-state index is 13.3. The van der Waals surface area contributed by atoms with E-state index in [4.69, 9.17) is 4.74 Å². The number of aromatic nitrogens is 3. The van der Waals surface area contributed by atoms with Gasteiger partial charge in [-0.2, -0.15) is 18.2 Å². The molecule has 0 radical (unpaired) electrons. The quantitative estimate of drug-likeness (QED) is 0.461. The van der Waals surface area contributed by atoms with Gasteiger partial charge in [0.2, 0.25) is 11.8 Å². The molecule has 0 unspecified atom stereocenters. The molecule has 6 nitrogen and oxygen atoms in total. The number of hydrogen-bond donors (Lipinski definition) is 1. The van der Waals surface area contributed by atoms with Gasteiger partial charge in [-0.3, -0.25) is 4.79 Å². The summed E-state index contributed by atoms with van der Waals surface area (Å²) in [4.78, 5) is 23.7. The first-order chi connectivity index (χ1) is 14.3. The number of alkyl halides is 3. The van der Waals surface area contributed by atoms with Crippen molar-refractivity contribution in [1.82, 2.24) is 15.0 Å². The number of anilines is 1. The number of rotatable bonds is 4. The SMILES string of the molecule is CC(=O)Nc1nc2c(Oc3ccnc(-c4ccccc4C(F)(F)F)n3)cccc2s1. The highest BCUT2D eigenvalue weighted by Gasteiger charge is 2.34. The highest BCUT2D eigenvalue weighted by molar-refractivity contribution is 7.22. The van der Waals surface area contributed by atoms with Gasteiger partial charge in [-0.25, -0.2) is 9.97 Å². The van der Waals surface area contributed by atoms with Crippen LogP contribution in [0.3, 0.4) is 0 Å². The molecule has 2 heterocycles. The lowest BCUT2D eigenvalue weighted by atomic mass is 10.1. The maximum absolute atomic E-state index is 13.3. The van der Waals surface area contributed by atoms with Crippen molar-refractivity contribution in [3.8, 4) is 23.0 Å². The monoisotopic (exact) mass is 430 g/mol. The number of fused-ring (bicyclic) bond motifs is 1. The number of nitrogens with one attached hydrogen (secondary N) is 1. The number of ether oxygens (including phenoxy) is 1. The summed E-state index contributed by atoms with van der Waals surface area (Å²) in [6.45, 7) is 1.38. The third kappa shape index (κ3) is 4.08. The lowest BCUT2D eigenvalue weighted by Gasteiger charge is -2.12. The van der Waals surface area contributed by atoms with Gasteiger partial charge in [0.15, 0.2) is 16.7 Å². The minimum absolute atomic E-state index is 0.0681. The molecule has 0 saturated carbocycles. The fourth-order valence-corrected chi connectivity index (χ4v) is 3.71. The van der Waals surface area contributed by atoms with E-state index in [9.17, 15) is 18.0 Å². The molecule has 1 amide bonds. The summed E-state index contributed by atoms with van der Waals surface area (Å²) in [5.74, 6) is 0.0674. The second kappa shape index (κ2) is 7.71. The van der Waals surface area contributed by atoms with Gasteiger partial charge in [0.25, 0.3) is 0 Å². The number of benzene rings is 2. The molecular weight excluding hydrogens is 417 g/mol. The van der Waals surface area contributed by atoms with Crippen molar-refractivity contribution in [2.24, 2.45) is 0 Å². The number of thiazole rings is 1. The topological polar surface area (TPSA) is 77.0 Å². The molecule has 0 aliphatic carbocycles. The fraction of sp³-hybridized carbons (Fsp3) is 0.100. The molecule has 30 heavy (non-hydrogen) atoms. The van der Waals surface area contributed by atoms with Crippen molar-refractivity contribution in [1.29, 1.82) is 0 Å². The molecule has 0 saturated heterocycles. The molecule has 0 fully saturated rings. The Balaban J connectivity index is 1.70. The molecule has 4 aromatic rings. The van der Waals surface area contributed by atoms with Gasteiger partial charge >= 0.3 is 6.18 Å². The van der Waals surface area contributed by atoms with Crippen LogP contribution in [0.1, 0.15) is 12.5 Å². The van der Waals surface area contributed by atoms with E-state index in [2.05, 4.69) is 20.3 Å². The minimum Gasteiger partial charge on any atom is -0.437 e. The number of para-hydroxylation sites is 1. The third-order valence-corrected chi connectivity index (χ3v) is 4.92. The van der Waals surface area contributed by atoms with Crippen LogP contribution in [0, 0.1) is 0 Å². The lowest BCUT2D eigenvalue weighted by molar-refractivity contribution is -0.137. The van der Waals surface area contributed by atoms with Crippen LogP contribution < -0.4 is 10.1 Å². The Hall–Kier alpha value is -3.53. The summed E-state index contributed by atoms with van der Waals surface area (Å²) in [6.07, 6.45) is -3.21. The summed E-state index contributed by atoms with van der Waals surface area (Å²) in [5, 5.41) is 3.03. The van der Waals surface area contributed by atoms with Gasteiger partial charge in [0.05, 0.1) is 10.3 Å². The van der Waals surface area contributed by atoms with Crippen molar-refractivity contribution < 1.29 is 22.7 Å². The van der Waals surface area contributed by atoms with Crippen LogP contribution in [0.15, 0.2) is 54.7 Å². The largest absolute Gasteiger partial charge is 0.437 e. The Morgan fingerprint density at radius 1 is 1.07 bits per heavy atom. The van der Waals surface area contributed by atoms with Crippen LogP contribution in [0.5, 0.6) is 11.6 Å². The minimum atomic E-state index is -4.54. The van der Waals surface area contributed by atoms with Gasteiger partial charge in [0, 0.05) is 24.8 Å². The Bertz CT molecular complexity index is 1240. The van der Waals surface area contributed by atoms with Crippen LogP contribution in [-0.2, 0) is 11.0 Å². The Kier molecular flexibility index (Phi) is 5.08. The van der Waals surface area contributed by atoms with E-state index in [1.165, 1.54) is 48.7 Å². The molecule has 2 aromatic carbocycles. The van der Waals surface area contributed by atoms with E-state index in [1.807, 2.05) is 6.07 Å². The predicted octanol–water partition coefficient (Wildman–Crippen LogP) is 5.52. The van der Waals surface area contributed by atoms with Crippen molar-refractivity contribution in [3.05, 3.63) is 60.3 Å². The fourth-order valence-electron chi connectivity index (χ4n) is 2.78. The van der Waals surface area contributed by atoms with E-state index < -0.39 is 11.7 Å². The molecule has 0 atom stereocenters. The zero-order valence-corrected chi connectivity index (χ0v) is 16.2. The third-order valence-electron chi connectivity index (χ3n) is 3.98. The van der Waals surface area contributed by atoms with Crippen molar-refractivity contribution in [3.63, 3.8) is 0 Å². The normalized spacial score (nSPS) is 11.5. The van der Waals surface area contributed by atoms with E-state index in [0.29, 0.717) is 16.4 Å². The highest BCUT2D eigenvalue weighted by Crippen LogP contribution is 2.37. The Morgan fingerprint density at radius 2 is 1.87 bits per heavy atom. The summed E-state index contributed by atoms with van der Waals surface area (Å²) in [7, 11) is 0. The number of nitrogens with zero attached hydrogens (tertiary/aromatic N) is 3. The van der Waals surface area contributed by atoms with E-state index >= 15 is 0 Å². The number of halogens is 3. The second-order valence-electron chi connectivity index (χ2n) is 6.17. The van der Waals surface area contributed by atoms with Crippen molar-refractivity contribution in [2.45, 2.75) is 13.1 Å². The molecule has 0 aliphatic rings. The van der Waals surface area contributed by atoms with Gasteiger partial charge in [-0.1, -0.05) is 35.6 Å². The molecule has 0 bridgehead atoms. The van der Waals surface area contributed by atoms with Crippen LogP contribution in [0.4, 0.5) is 18.3 Å². The smallest absolute Gasteiger partial charge is 0.417 e. The first kappa shape index (κ1) is 19.8. The molecule has 152 valence electrons. The van der Waals surface area contributed by atoms with E-state index in [1.54, 1.807) is 12.1 Å². The Morgan fingerprint density at radius 3 is 2.63 bits per heavy atom. The van der Waals surface area contributed by atoms with Gasteiger partial charge in [-0.05, 0) is 18.2 Å². The number of carbonyl (C=O) groups is 1. The summed E-state index contributed by atoms with van der Waals surface area (Å²) in [6, 6.07) is 11.7. The molecule has 10 heteroatoms. The van der Waals surface area contributed by atoms with Crippen LogP contribution in [-0.4, -0.2) is 20.9 Å². The zero-order valence-electron chi connectivity index (χ0n) is 15.4. The zero-order chi connectivity index (χ0) is 21.3. The summed E-state index contributed by atoms with van der Waals surface area (Å²) >= 11 is 1.27. The number of amides is 1. The van der Waals surface area contributed by atoms with E-state index in [-0.39, 0.29) is 23.2 Å². The molecule has 0 aliphatic heterocycles. The molecule has 2 aromatic heterocycles. The van der Waals surface area contributed by atoms with E-state index in [0.717, 1.165) is 10.8 Å².